The summed E-state index contributed by atoms with van der Waals surface area (Å²) in [6, 6.07) is 0.741. The van der Waals surface area contributed by atoms with Crippen LogP contribution < -0.4 is 10.6 Å². The van der Waals surface area contributed by atoms with Gasteiger partial charge in [0.1, 0.15) is 5.82 Å². The molecule has 1 atom stereocenters. The number of aryl methyl sites for hydroxylation is 1. The fourth-order valence-electron chi connectivity index (χ4n) is 3.95. The van der Waals surface area contributed by atoms with Gasteiger partial charge in [-0.2, -0.15) is 0 Å². The fourth-order valence-corrected chi connectivity index (χ4v) is 4.47. The van der Waals surface area contributed by atoms with E-state index in [0.29, 0.717) is 5.92 Å². The van der Waals surface area contributed by atoms with Gasteiger partial charge in [0.05, 0.1) is 0 Å². The number of aromatic nitrogens is 3. The van der Waals surface area contributed by atoms with Crippen molar-refractivity contribution in [1.82, 2.24) is 30.3 Å². The zero-order valence-electron chi connectivity index (χ0n) is 19.8. The Morgan fingerprint density at radius 2 is 2.07 bits per heavy atom. The summed E-state index contributed by atoms with van der Waals surface area (Å²) in [5.41, 5.74) is 0. The van der Waals surface area contributed by atoms with Gasteiger partial charge in [-0.05, 0) is 58.2 Å². The van der Waals surface area contributed by atoms with E-state index in [9.17, 15) is 0 Å². The number of rotatable bonds is 12. The average Bonchev–Trinajstić information content (AvgIpc) is 3.10. The van der Waals surface area contributed by atoms with Crippen molar-refractivity contribution in [3.8, 4) is 0 Å². The van der Waals surface area contributed by atoms with E-state index in [-0.39, 0.29) is 0 Å². The molecule has 0 spiro atoms. The second kappa shape index (κ2) is 13.9. The molecule has 0 aromatic carbocycles. The molecule has 0 bridgehead atoms. The molecule has 2 heterocycles. The lowest BCUT2D eigenvalue weighted by molar-refractivity contribution is 0.159. The van der Waals surface area contributed by atoms with Crippen molar-refractivity contribution in [2.24, 2.45) is 10.9 Å². The maximum Gasteiger partial charge on any atom is 0.191 e. The minimum Gasteiger partial charge on any atom is -0.357 e. The normalized spacial score (nSPS) is 18.2. The van der Waals surface area contributed by atoms with Gasteiger partial charge in [-0.3, -0.25) is 4.99 Å². The molecule has 2 rings (SSSR count). The quantitative estimate of drug-likeness (QED) is 0.226. The van der Waals surface area contributed by atoms with E-state index in [2.05, 4.69) is 64.2 Å². The molecule has 7 nitrogen and oxygen atoms in total. The van der Waals surface area contributed by atoms with Crippen LogP contribution in [0.2, 0.25) is 0 Å². The van der Waals surface area contributed by atoms with Crippen LogP contribution in [0.3, 0.4) is 0 Å². The van der Waals surface area contributed by atoms with Crippen LogP contribution >= 0.6 is 11.8 Å². The first-order valence-electron chi connectivity index (χ1n) is 11.8. The highest BCUT2D eigenvalue weighted by atomic mass is 32.2. The van der Waals surface area contributed by atoms with Gasteiger partial charge in [0.25, 0.3) is 0 Å². The molecule has 1 fully saturated rings. The standard InChI is InChI=1S/C22H43N7S/c1-6-23-21(25-14-10-16-28-15-8-7-11-19(28)4)24-13-9-12-20-26-27-22(30-5)29(20)17-18(2)3/h18-19H,6-17H2,1-5H3,(H2,23,24,25). The lowest BCUT2D eigenvalue weighted by Crippen LogP contribution is -2.41. The summed E-state index contributed by atoms with van der Waals surface area (Å²) in [4.78, 5) is 7.39. The highest BCUT2D eigenvalue weighted by molar-refractivity contribution is 7.98. The maximum absolute atomic E-state index is 4.76. The maximum atomic E-state index is 4.76. The van der Waals surface area contributed by atoms with Crippen LogP contribution in [0.25, 0.3) is 0 Å². The number of nitrogens with one attached hydrogen (secondary N) is 2. The predicted molar refractivity (Wildman–Crippen MR) is 128 cm³/mol. The van der Waals surface area contributed by atoms with Crippen molar-refractivity contribution in [3.63, 3.8) is 0 Å². The number of likely N-dealkylation sites (tertiary alicyclic amines) is 1. The van der Waals surface area contributed by atoms with Crippen molar-refractivity contribution in [2.75, 3.05) is 39.0 Å². The molecule has 1 aromatic rings. The van der Waals surface area contributed by atoms with Gasteiger partial charge in [-0.15, -0.1) is 10.2 Å². The van der Waals surface area contributed by atoms with E-state index in [1.165, 1.54) is 32.4 Å². The van der Waals surface area contributed by atoms with Crippen LogP contribution in [0.1, 0.15) is 65.6 Å². The van der Waals surface area contributed by atoms with Crippen molar-refractivity contribution >= 4 is 17.7 Å². The van der Waals surface area contributed by atoms with E-state index in [1.54, 1.807) is 11.8 Å². The Labute approximate surface area is 187 Å². The van der Waals surface area contributed by atoms with E-state index < -0.39 is 0 Å². The first-order chi connectivity index (χ1) is 14.5. The number of hydrogen-bond donors (Lipinski definition) is 2. The molecule has 8 heteroatoms. The highest BCUT2D eigenvalue weighted by Gasteiger charge is 2.17. The summed E-state index contributed by atoms with van der Waals surface area (Å²) < 4.78 is 2.27. The molecule has 1 aliphatic rings. The predicted octanol–water partition coefficient (Wildman–Crippen LogP) is 3.41. The van der Waals surface area contributed by atoms with E-state index >= 15 is 0 Å². The summed E-state index contributed by atoms with van der Waals surface area (Å²) in [6.45, 7) is 15.0. The van der Waals surface area contributed by atoms with Gasteiger partial charge in [-0.25, -0.2) is 0 Å². The largest absolute Gasteiger partial charge is 0.357 e. The number of thioether (sulfide) groups is 1. The minimum absolute atomic E-state index is 0.584. The Bertz CT molecular complexity index is 629. The molecule has 30 heavy (non-hydrogen) atoms. The number of aliphatic imine (C=N–C) groups is 1. The van der Waals surface area contributed by atoms with Crippen LogP contribution in [0, 0.1) is 5.92 Å². The summed E-state index contributed by atoms with van der Waals surface area (Å²) in [7, 11) is 0. The second-order valence-corrected chi connectivity index (χ2v) is 9.41. The van der Waals surface area contributed by atoms with Crippen LogP contribution in [0.15, 0.2) is 10.1 Å². The van der Waals surface area contributed by atoms with Crippen molar-refractivity contribution in [2.45, 2.75) is 84.0 Å². The molecule has 1 aromatic heterocycles. The summed E-state index contributed by atoms with van der Waals surface area (Å²) in [6.07, 6.45) is 9.20. The van der Waals surface area contributed by atoms with Crippen LogP contribution in [0.5, 0.6) is 0 Å². The SMILES string of the molecule is CCNC(=NCCCc1nnc(SC)n1CC(C)C)NCCCN1CCCCC1C. The van der Waals surface area contributed by atoms with Gasteiger partial charge >= 0.3 is 0 Å². The second-order valence-electron chi connectivity index (χ2n) is 8.63. The first-order valence-corrected chi connectivity index (χ1v) is 13.0. The summed E-state index contributed by atoms with van der Waals surface area (Å²) >= 11 is 1.67. The van der Waals surface area contributed by atoms with Crippen molar-refractivity contribution < 1.29 is 0 Å². The number of hydrogen-bond acceptors (Lipinski definition) is 5. The molecule has 1 saturated heterocycles. The van der Waals surface area contributed by atoms with Gasteiger partial charge in [0.2, 0.25) is 0 Å². The monoisotopic (exact) mass is 437 g/mol. The Morgan fingerprint density at radius 3 is 2.77 bits per heavy atom. The lowest BCUT2D eigenvalue weighted by atomic mass is 10.0. The van der Waals surface area contributed by atoms with Gasteiger partial charge in [0, 0.05) is 45.2 Å². The topological polar surface area (TPSA) is 70.4 Å². The fraction of sp³-hybridized carbons (Fsp3) is 0.864. The molecule has 1 aliphatic heterocycles. The molecule has 1 unspecified atom stereocenters. The molecule has 0 radical (unpaired) electrons. The third kappa shape index (κ3) is 8.46. The molecular weight excluding hydrogens is 394 g/mol. The van der Waals surface area contributed by atoms with Gasteiger partial charge in [-0.1, -0.05) is 32.0 Å². The average molecular weight is 438 g/mol. The molecule has 172 valence electrons. The van der Waals surface area contributed by atoms with Gasteiger partial charge in [0.15, 0.2) is 11.1 Å². The number of piperidine rings is 1. The molecule has 0 amide bonds. The molecular formula is C22H43N7S. The minimum atomic E-state index is 0.584. The molecule has 2 N–H and O–H groups in total. The van der Waals surface area contributed by atoms with Crippen LogP contribution in [-0.4, -0.2) is 70.6 Å². The van der Waals surface area contributed by atoms with Crippen LogP contribution in [-0.2, 0) is 13.0 Å². The summed E-state index contributed by atoms with van der Waals surface area (Å²) in [5.74, 6) is 2.59. The Kier molecular flexibility index (Phi) is 11.6. The van der Waals surface area contributed by atoms with E-state index in [0.717, 1.165) is 68.4 Å². The lowest BCUT2D eigenvalue weighted by Gasteiger charge is -2.33. The number of nitrogens with zero attached hydrogens (tertiary/aromatic N) is 5. The first kappa shape index (κ1) is 25.0. The Hall–Kier alpha value is -1.28. The third-order valence-electron chi connectivity index (χ3n) is 5.55. The van der Waals surface area contributed by atoms with E-state index in [4.69, 9.17) is 4.99 Å². The zero-order chi connectivity index (χ0) is 21.8. The Morgan fingerprint density at radius 1 is 1.23 bits per heavy atom. The molecule has 0 saturated carbocycles. The van der Waals surface area contributed by atoms with Gasteiger partial charge < -0.3 is 20.1 Å². The van der Waals surface area contributed by atoms with Crippen LogP contribution in [0.4, 0.5) is 0 Å². The Balaban J connectivity index is 1.74. The highest BCUT2D eigenvalue weighted by Crippen LogP contribution is 2.17. The number of guanidine groups is 1. The third-order valence-corrected chi connectivity index (χ3v) is 6.22. The smallest absolute Gasteiger partial charge is 0.191 e. The van der Waals surface area contributed by atoms with Crippen molar-refractivity contribution in [1.29, 1.82) is 0 Å². The molecule has 0 aliphatic carbocycles. The van der Waals surface area contributed by atoms with Crippen molar-refractivity contribution in [3.05, 3.63) is 5.82 Å². The van der Waals surface area contributed by atoms with E-state index in [1.807, 2.05) is 0 Å². The summed E-state index contributed by atoms with van der Waals surface area (Å²) in [5, 5.41) is 16.6. The zero-order valence-corrected chi connectivity index (χ0v) is 20.6.